The van der Waals surface area contributed by atoms with Crippen molar-refractivity contribution in [1.29, 1.82) is 0 Å². The summed E-state index contributed by atoms with van der Waals surface area (Å²) in [6.07, 6.45) is -6.29. The zero-order valence-electron chi connectivity index (χ0n) is 10.9. The van der Waals surface area contributed by atoms with Crippen LogP contribution < -0.4 is 0 Å². The van der Waals surface area contributed by atoms with Crippen molar-refractivity contribution in [1.82, 2.24) is 0 Å². The van der Waals surface area contributed by atoms with Crippen LogP contribution >= 0.6 is 11.8 Å². The maximum Gasteiger partial charge on any atom is 0.460 e. The molecule has 2 unspecified atom stereocenters. The van der Waals surface area contributed by atoms with Crippen LogP contribution in [0, 0.1) is 0 Å². The fourth-order valence-electron chi connectivity index (χ4n) is 1.76. The molecule has 0 spiro atoms. The van der Waals surface area contributed by atoms with Gasteiger partial charge < -0.3 is 4.74 Å². The summed E-state index contributed by atoms with van der Waals surface area (Å²) < 4.78 is 121. The number of alkyl halides is 9. The number of hydrogen-bond acceptors (Lipinski definition) is 2. The van der Waals surface area contributed by atoms with Crippen LogP contribution in [0.1, 0.15) is 6.92 Å². The summed E-state index contributed by atoms with van der Waals surface area (Å²) in [6, 6.07) is 0. The topological polar surface area (TPSA) is 9.23 Å². The molecule has 130 valence electrons. The maximum absolute atomic E-state index is 13.8. The van der Waals surface area contributed by atoms with Crippen LogP contribution in [-0.2, 0) is 4.74 Å². The molecule has 0 aromatic heterocycles. The first-order valence-electron chi connectivity index (χ1n) is 5.90. The van der Waals surface area contributed by atoms with Gasteiger partial charge in [0.1, 0.15) is 5.25 Å². The van der Waals surface area contributed by atoms with Gasteiger partial charge in [0.25, 0.3) is 0 Å². The van der Waals surface area contributed by atoms with Gasteiger partial charge in [0.05, 0.1) is 6.10 Å². The number of thioether (sulfide) groups is 1. The Morgan fingerprint density at radius 3 is 2.00 bits per heavy atom. The summed E-state index contributed by atoms with van der Waals surface area (Å²) in [4.78, 5) is 0. The molecule has 0 amide bonds. The molecule has 0 saturated heterocycles. The molecule has 0 aromatic carbocycles. The average Bonchev–Trinajstić information content (AvgIpc) is 2.37. The third kappa shape index (κ3) is 3.06. The molecule has 0 N–H and O–H groups in total. The molecule has 1 aliphatic rings. The van der Waals surface area contributed by atoms with Crippen molar-refractivity contribution in [3.8, 4) is 0 Å². The fourth-order valence-corrected chi connectivity index (χ4v) is 2.90. The van der Waals surface area contributed by atoms with Crippen molar-refractivity contribution in [2.45, 2.75) is 42.2 Å². The number of halogens is 9. The van der Waals surface area contributed by atoms with Gasteiger partial charge in [-0.25, -0.2) is 0 Å². The van der Waals surface area contributed by atoms with E-state index in [1.54, 1.807) is 0 Å². The van der Waals surface area contributed by atoms with Crippen molar-refractivity contribution in [3.05, 3.63) is 12.2 Å². The van der Waals surface area contributed by atoms with E-state index in [2.05, 4.69) is 0 Å². The van der Waals surface area contributed by atoms with Gasteiger partial charge >= 0.3 is 23.9 Å². The minimum atomic E-state index is -6.87. The van der Waals surface area contributed by atoms with Gasteiger partial charge in [-0.1, -0.05) is 12.2 Å². The Morgan fingerprint density at radius 1 is 1.00 bits per heavy atom. The molecule has 1 nitrogen and oxygen atoms in total. The molecule has 1 heterocycles. The number of hydrogen-bond donors (Lipinski definition) is 0. The predicted octanol–water partition coefficient (Wildman–Crippen LogP) is 4.53. The molecule has 0 aromatic rings. The van der Waals surface area contributed by atoms with Gasteiger partial charge in [-0.3, -0.25) is 0 Å². The molecule has 1 aliphatic heterocycles. The van der Waals surface area contributed by atoms with Crippen molar-refractivity contribution in [3.63, 3.8) is 0 Å². The van der Waals surface area contributed by atoms with Gasteiger partial charge in [0, 0.05) is 12.4 Å². The first-order valence-corrected chi connectivity index (χ1v) is 6.95. The Labute approximate surface area is 123 Å². The molecule has 22 heavy (non-hydrogen) atoms. The zero-order valence-corrected chi connectivity index (χ0v) is 11.8. The Balaban J connectivity index is 3.23. The molecular weight excluding hydrogens is 351 g/mol. The van der Waals surface area contributed by atoms with E-state index in [0.717, 1.165) is 6.08 Å². The normalized spacial score (nSPS) is 24.6. The van der Waals surface area contributed by atoms with Crippen molar-refractivity contribution < 1.29 is 44.3 Å². The molecule has 11 heteroatoms. The Kier molecular flexibility index (Phi) is 5.43. The summed E-state index contributed by atoms with van der Waals surface area (Å²) >= 11 is 0.129. The molecule has 0 fully saturated rings. The highest BCUT2D eigenvalue weighted by Gasteiger charge is 2.83. The van der Waals surface area contributed by atoms with Crippen LogP contribution in [0.3, 0.4) is 0 Å². The summed E-state index contributed by atoms with van der Waals surface area (Å²) in [5, 5.41) is -2.57. The predicted molar refractivity (Wildman–Crippen MR) is 61.7 cm³/mol. The zero-order chi connectivity index (χ0) is 17.4. The van der Waals surface area contributed by atoms with Crippen LogP contribution in [0.15, 0.2) is 12.2 Å². The van der Waals surface area contributed by atoms with Crippen LogP contribution in [0.2, 0.25) is 0 Å². The average molecular weight is 362 g/mol. The monoisotopic (exact) mass is 362 g/mol. The van der Waals surface area contributed by atoms with E-state index in [1.807, 2.05) is 0 Å². The minimum absolute atomic E-state index is 0.129. The smallest absolute Gasteiger partial charge is 0.373 e. The van der Waals surface area contributed by atoms with Gasteiger partial charge in [-0.15, -0.1) is 11.8 Å². The first kappa shape index (κ1) is 19.5. The summed E-state index contributed by atoms with van der Waals surface area (Å²) in [5.74, 6) is -19.4. The Bertz CT molecular complexity index is 418. The van der Waals surface area contributed by atoms with E-state index in [9.17, 15) is 39.5 Å². The van der Waals surface area contributed by atoms with E-state index in [0.29, 0.717) is 0 Å². The highest BCUT2D eigenvalue weighted by molar-refractivity contribution is 8.00. The van der Waals surface area contributed by atoms with E-state index in [4.69, 9.17) is 4.74 Å². The summed E-state index contributed by atoms with van der Waals surface area (Å²) in [5.41, 5.74) is 0. The van der Waals surface area contributed by atoms with Gasteiger partial charge in [0.15, 0.2) is 0 Å². The van der Waals surface area contributed by atoms with Crippen LogP contribution in [0.25, 0.3) is 0 Å². The second-order valence-corrected chi connectivity index (χ2v) is 5.55. The molecular formula is C11H11F9OS. The highest BCUT2D eigenvalue weighted by atomic mass is 32.2. The van der Waals surface area contributed by atoms with Crippen molar-refractivity contribution in [2.24, 2.45) is 0 Å². The van der Waals surface area contributed by atoms with E-state index < -0.39 is 35.3 Å². The third-order valence-corrected chi connectivity index (χ3v) is 4.19. The van der Waals surface area contributed by atoms with Crippen LogP contribution in [-0.4, -0.2) is 47.7 Å². The SMILES string of the molecule is CCOC1C=CCSC1C(F)(F)C(F)(F)C(F)(F)C(F)(F)F. The molecule has 0 bridgehead atoms. The molecule has 0 radical (unpaired) electrons. The van der Waals surface area contributed by atoms with Gasteiger partial charge in [0.2, 0.25) is 0 Å². The lowest BCUT2D eigenvalue weighted by Crippen LogP contribution is -2.65. The highest BCUT2D eigenvalue weighted by Crippen LogP contribution is 2.56. The van der Waals surface area contributed by atoms with Crippen molar-refractivity contribution >= 4 is 11.8 Å². The molecule has 0 aliphatic carbocycles. The largest absolute Gasteiger partial charge is 0.460 e. The Morgan fingerprint density at radius 2 is 1.55 bits per heavy atom. The lowest BCUT2D eigenvalue weighted by Gasteiger charge is -2.40. The van der Waals surface area contributed by atoms with Crippen molar-refractivity contribution in [2.75, 3.05) is 12.4 Å². The lowest BCUT2D eigenvalue weighted by molar-refractivity contribution is -0.396. The number of rotatable bonds is 5. The molecule has 0 saturated carbocycles. The molecule has 1 rings (SSSR count). The van der Waals surface area contributed by atoms with E-state index in [-0.39, 0.29) is 24.1 Å². The summed E-state index contributed by atoms with van der Waals surface area (Å²) in [7, 11) is 0. The van der Waals surface area contributed by atoms with E-state index >= 15 is 0 Å². The number of ether oxygens (including phenoxy) is 1. The minimum Gasteiger partial charge on any atom is -0.373 e. The maximum atomic E-state index is 13.8. The molecule has 2 atom stereocenters. The van der Waals surface area contributed by atoms with E-state index in [1.165, 1.54) is 13.0 Å². The lowest BCUT2D eigenvalue weighted by atomic mass is 9.97. The second-order valence-electron chi connectivity index (χ2n) is 4.37. The first-order chi connectivity index (χ1) is 9.80. The van der Waals surface area contributed by atoms with Crippen LogP contribution in [0.4, 0.5) is 39.5 Å². The second kappa shape index (κ2) is 6.14. The quantitative estimate of drug-likeness (QED) is 0.525. The fraction of sp³-hybridized carbons (Fsp3) is 0.818. The van der Waals surface area contributed by atoms with Crippen LogP contribution in [0.5, 0.6) is 0 Å². The Hall–Kier alpha value is -0.580. The third-order valence-electron chi connectivity index (χ3n) is 2.88. The van der Waals surface area contributed by atoms with Gasteiger partial charge in [-0.2, -0.15) is 39.5 Å². The summed E-state index contributed by atoms with van der Waals surface area (Å²) in [6.45, 7) is 1.13. The standard InChI is InChI=1S/C11H11F9OS/c1-2-21-6-4-3-5-22-7(6)8(12,13)9(14,15)10(16,17)11(18,19)20/h3-4,6-7H,2,5H2,1H3. The van der Waals surface area contributed by atoms with Gasteiger partial charge in [-0.05, 0) is 6.92 Å².